The van der Waals surface area contributed by atoms with Crippen LogP contribution < -0.4 is 9.64 Å². The molecule has 1 amide bonds. The quantitative estimate of drug-likeness (QED) is 0.813. The zero-order valence-electron chi connectivity index (χ0n) is 11.7. The molecular weight excluding hydrogens is 284 g/mol. The Morgan fingerprint density at radius 2 is 2.14 bits per heavy atom. The Balaban J connectivity index is 1.95. The van der Waals surface area contributed by atoms with E-state index in [4.69, 9.17) is 4.74 Å². The van der Waals surface area contributed by atoms with Crippen LogP contribution in [0, 0.1) is 0 Å². The minimum atomic E-state index is -0.117. The van der Waals surface area contributed by atoms with Gasteiger partial charge in [0.15, 0.2) is 0 Å². The van der Waals surface area contributed by atoms with Crippen molar-refractivity contribution in [3.05, 3.63) is 52.4 Å². The third kappa shape index (κ3) is 2.60. The molecule has 0 spiro atoms. The van der Waals surface area contributed by atoms with Gasteiger partial charge in [0.2, 0.25) is 0 Å². The second kappa shape index (κ2) is 5.54. The molecule has 0 fully saturated rings. The Morgan fingerprint density at radius 1 is 1.29 bits per heavy atom. The van der Waals surface area contributed by atoms with Crippen molar-refractivity contribution in [2.75, 3.05) is 12.0 Å². The molecule has 2 heterocycles. The first kappa shape index (κ1) is 13.6. The van der Waals surface area contributed by atoms with Crippen LogP contribution >= 0.6 is 11.3 Å². The van der Waals surface area contributed by atoms with Gasteiger partial charge in [-0.3, -0.25) is 9.69 Å². The average Bonchev–Trinajstić information content (AvgIpc) is 3.08. The number of carbonyl (C=O) groups excluding carboxylic acids is 1. The summed E-state index contributed by atoms with van der Waals surface area (Å²) in [7, 11) is 1.61. The highest BCUT2D eigenvalue weighted by Gasteiger charge is 2.29. The lowest BCUT2D eigenvalue weighted by molar-refractivity contribution is -0.113. The fraction of sp³-hybridized carbons (Fsp3) is 0.125. The summed E-state index contributed by atoms with van der Waals surface area (Å²) in [5.74, 6) is 1.26. The van der Waals surface area contributed by atoms with E-state index in [9.17, 15) is 4.79 Å². The van der Waals surface area contributed by atoms with Crippen molar-refractivity contribution in [1.82, 2.24) is 0 Å². The Bertz CT molecular complexity index is 732. The molecule has 0 unspecified atom stereocenters. The van der Waals surface area contributed by atoms with Gasteiger partial charge in [-0.25, -0.2) is 4.99 Å². The number of methoxy groups -OCH3 is 1. The normalized spacial score (nSPS) is 16.5. The van der Waals surface area contributed by atoms with Gasteiger partial charge in [-0.15, -0.1) is 11.3 Å². The fourth-order valence-electron chi connectivity index (χ4n) is 2.19. The van der Waals surface area contributed by atoms with Gasteiger partial charge in [0.05, 0.1) is 12.8 Å². The lowest BCUT2D eigenvalue weighted by Gasteiger charge is -2.16. The van der Waals surface area contributed by atoms with Crippen LogP contribution in [-0.4, -0.2) is 18.9 Å². The molecule has 0 atom stereocenters. The number of hydrogen-bond donors (Lipinski definition) is 0. The highest BCUT2D eigenvalue weighted by molar-refractivity contribution is 7.10. The van der Waals surface area contributed by atoms with Crippen molar-refractivity contribution in [3.8, 4) is 5.75 Å². The summed E-state index contributed by atoms with van der Waals surface area (Å²) in [6.07, 6.45) is 1.82. The molecule has 0 N–H and O–H groups in total. The second-order valence-corrected chi connectivity index (χ2v) is 5.53. The summed E-state index contributed by atoms with van der Waals surface area (Å²) in [6.45, 7) is 1.83. The molecule has 21 heavy (non-hydrogen) atoms. The summed E-state index contributed by atoms with van der Waals surface area (Å²) in [5.41, 5.74) is 1.22. The van der Waals surface area contributed by atoms with Gasteiger partial charge in [0.25, 0.3) is 5.91 Å². The van der Waals surface area contributed by atoms with Gasteiger partial charge < -0.3 is 4.74 Å². The molecule has 1 aliphatic heterocycles. The number of hydrogen-bond acceptors (Lipinski definition) is 4. The molecule has 106 valence electrons. The van der Waals surface area contributed by atoms with E-state index in [1.54, 1.807) is 23.3 Å². The molecule has 5 heteroatoms. The van der Waals surface area contributed by atoms with E-state index in [-0.39, 0.29) is 5.91 Å². The number of ether oxygens (including phenoxy) is 1. The van der Waals surface area contributed by atoms with Crippen LogP contribution in [0.1, 0.15) is 11.8 Å². The molecular formula is C16H14N2O2S. The Morgan fingerprint density at radius 3 is 2.86 bits per heavy atom. The maximum atomic E-state index is 12.5. The zero-order chi connectivity index (χ0) is 14.8. The Hall–Kier alpha value is -2.40. The molecule has 1 aliphatic rings. The van der Waals surface area contributed by atoms with Crippen LogP contribution in [0.3, 0.4) is 0 Å². The molecule has 0 saturated carbocycles. The van der Waals surface area contributed by atoms with Gasteiger partial charge in [0.1, 0.15) is 17.3 Å². The predicted octanol–water partition coefficient (Wildman–Crippen LogP) is 3.56. The first-order valence-electron chi connectivity index (χ1n) is 6.48. The van der Waals surface area contributed by atoms with Crippen molar-refractivity contribution in [2.45, 2.75) is 6.92 Å². The van der Waals surface area contributed by atoms with Crippen molar-refractivity contribution < 1.29 is 9.53 Å². The molecule has 1 aromatic carbocycles. The number of anilines is 1. The number of amidine groups is 1. The molecule has 0 bridgehead atoms. The van der Waals surface area contributed by atoms with E-state index in [0.717, 1.165) is 10.6 Å². The number of benzene rings is 1. The van der Waals surface area contributed by atoms with Gasteiger partial charge in [0, 0.05) is 10.9 Å². The number of aliphatic imine (C=N–C) groups is 1. The van der Waals surface area contributed by atoms with Crippen LogP contribution in [0.5, 0.6) is 5.75 Å². The van der Waals surface area contributed by atoms with Crippen LogP contribution in [0.15, 0.2) is 52.5 Å². The number of thiophene rings is 1. The molecule has 1 aromatic heterocycles. The zero-order valence-corrected chi connectivity index (χ0v) is 12.6. The second-order valence-electron chi connectivity index (χ2n) is 4.55. The number of nitrogens with zero attached hydrogens (tertiary/aromatic N) is 2. The average molecular weight is 298 g/mol. The first-order valence-corrected chi connectivity index (χ1v) is 7.36. The minimum absolute atomic E-state index is 0.117. The largest absolute Gasteiger partial charge is 0.497 e. The summed E-state index contributed by atoms with van der Waals surface area (Å²) in [6, 6.07) is 11.3. The molecule has 4 nitrogen and oxygen atoms in total. The van der Waals surface area contributed by atoms with Crippen molar-refractivity contribution in [3.63, 3.8) is 0 Å². The lowest BCUT2D eigenvalue weighted by Crippen LogP contribution is -2.30. The maximum absolute atomic E-state index is 12.5. The summed E-state index contributed by atoms with van der Waals surface area (Å²) < 4.78 is 5.21. The first-order chi connectivity index (χ1) is 10.2. The van der Waals surface area contributed by atoms with Gasteiger partial charge in [-0.05, 0) is 36.6 Å². The minimum Gasteiger partial charge on any atom is -0.497 e. The molecule has 2 aromatic rings. The summed E-state index contributed by atoms with van der Waals surface area (Å²) in [5, 5.41) is 1.97. The molecule has 0 aliphatic carbocycles. The smallest absolute Gasteiger partial charge is 0.282 e. The van der Waals surface area contributed by atoms with E-state index in [2.05, 4.69) is 4.99 Å². The van der Waals surface area contributed by atoms with Gasteiger partial charge in [-0.1, -0.05) is 12.1 Å². The van der Waals surface area contributed by atoms with Crippen LogP contribution in [0.2, 0.25) is 0 Å². The van der Waals surface area contributed by atoms with Crippen molar-refractivity contribution in [2.24, 2.45) is 4.99 Å². The molecule has 3 rings (SSSR count). The van der Waals surface area contributed by atoms with Gasteiger partial charge >= 0.3 is 0 Å². The van der Waals surface area contributed by atoms with Crippen molar-refractivity contribution >= 4 is 34.8 Å². The molecule has 0 saturated heterocycles. The third-order valence-electron chi connectivity index (χ3n) is 3.16. The summed E-state index contributed by atoms with van der Waals surface area (Å²) in [4.78, 5) is 19.5. The van der Waals surface area contributed by atoms with E-state index in [1.165, 1.54) is 0 Å². The third-order valence-corrected chi connectivity index (χ3v) is 3.98. The fourth-order valence-corrected chi connectivity index (χ4v) is 2.84. The monoisotopic (exact) mass is 298 g/mol. The Kier molecular flexibility index (Phi) is 3.58. The lowest BCUT2D eigenvalue weighted by atomic mass is 10.2. The van der Waals surface area contributed by atoms with E-state index < -0.39 is 0 Å². The molecule has 0 radical (unpaired) electrons. The highest BCUT2D eigenvalue weighted by Crippen LogP contribution is 2.28. The SMILES string of the molecule is COc1cccc(N2C(=O)/C(=C/c3cccs3)N=C2C)c1. The van der Waals surface area contributed by atoms with Crippen LogP contribution in [-0.2, 0) is 4.79 Å². The topological polar surface area (TPSA) is 41.9 Å². The Labute approximate surface area is 127 Å². The van der Waals surface area contributed by atoms with E-state index in [1.807, 2.05) is 54.8 Å². The van der Waals surface area contributed by atoms with Crippen molar-refractivity contribution in [1.29, 1.82) is 0 Å². The number of rotatable bonds is 3. The van der Waals surface area contributed by atoms with Crippen LogP contribution in [0.25, 0.3) is 6.08 Å². The maximum Gasteiger partial charge on any atom is 0.282 e. The van der Waals surface area contributed by atoms with E-state index in [0.29, 0.717) is 17.3 Å². The van der Waals surface area contributed by atoms with Gasteiger partial charge in [-0.2, -0.15) is 0 Å². The highest BCUT2D eigenvalue weighted by atomic mass is 32.1. The number of amides is 1. The predicted molar refractivity (Wildman–Crippen MR) is 85.9 cm³/mol. The van der Waals surface area contributed by atoms with E-state index >= 15 is 0 Å². The summed E-state index contributed by atoms with van der Waals surface area (Å²) >= 11 is 1.58. The van der Waals surface area contributed by atoms with Crippen LogP contribution in [0.4, 0.5) is 5.69 Å². The number of carbonyl (C=O) groups is 1. The standard InChI is InChI=1S/C16H14N2O2S/c1-11-17-15(10-14-7-4-8-21-14)16(19)18(11)12-5-3-6-13(9-12)20-2/h3-10H,1-2H3/b15-10-.